The fourth-order valence-corrected chi connectivity index (χ4v) is 3.75. The Balaban J connectivity index is 1.84. The lowest BCUT2D eigenvalue weighted by atomic mass is 9.76. The minimum absolute atomic E-state index is 0.0714. The zero-order chi connectivity index (χ0) is 22.4. The molecule has 1 saturated heterocycles. The van der Waals surface area contributed by atoms with Crippen LogP contribution in [0.4, 0.5) is 18.0 Å². The maximum Gasteiger partial charge on any atom is 0.450 e. The molecule has 0 radical (unpaired) electrons. The number of benzene rings is 2. The molecule has 0 aromatic heterocycles. The van der Waals surface area contributed by atoms with E-state index in [4.69, 9.17) is 14.2 Å². The maximum atomic E-state index is 13.6. The molecule has 0 aliphatic carbocycles. The first-order valence-corrected chi connectivity index (χ1v) is 9.09. The lowest BCUT2D eigenvalue weighted by molar-refractivity contribution is -0.190. The number of Topliss-reactive ketones (excluding diaryl/α,β-unsaturated/α-hetero) is 1. The molecular weight excluding hydrogens is 421 g/mol. The van der Waals surface area contributed by atoms with E-state index in [1.54, 1.807) is 0 Å². The summed E-state index contributed by atoms with van der Waals surface area (Å²) in [5.74, 6) is -3.36. The Labute approximate surface area is 173 Å². The van der Waals surface area contributed by atoms with E-state index in [9.17, 15) is 27.9 Å². The lowest BCUT2D eigenvalue weighted by Gasteiger charge is -2.45. The molecule has 2 aromatic rings. The monoisotopic (exact) mass is 438 g/mol. The molecule has 2 amide bonds. The summed E-state index contributed by atoms with van der Waals surface area (Å²) in [6.45, 7) is -0.0714. The van der Waals surface area contributed by atoms with Gasteiger partial charge in [0.05, 0.1) is 13.2 Å². The van der Waals surface area contributed by atoms with Crippen LogP contribution < -0.4 is 24.8 Å². The molecule has 0 saturated carbocycles. The number of ether oxygens (including phenoxy) is 3. The smallest absolute Gasteiger partial charge is 0.450 e. The van der Waals surface area contributed by atoms with E-state index in [-0.39, 0.29) is 23.7 Å². The van der Waals surface area contributed by atoms with Crippen molar-refractivity contribution in [3.63, 3.8) is 0 Å². The van der Waals surface area contributed by atoms with Crippen LogP contribution in [0.25, 0.3) is 0 Å². The molecule has 0 unspecified atom stereocenters. The third-order valence-corrected chi connectivity index (χ3v) is 5.22. The van der Waals surface area contributed by atoms with Gasteiger partial charge in [-0.3, -0.25) is 4.79 Å². The highest BCUT2D eigenvalue weighted by atomic mass is 19.4. The lowest BCUT2D eigenvalue weighted by Crippen LogP contribution is -2.66. The van der Waals surface area contributed by atoms with Crippen LogP contribution in [-0.2, 0) is 10.5 Å². The van der Waals surface area contributed by atoms with Crippen LogP contribution in [0.1, 0.15) is 17.2 Å². The Morgan fingerprint density at radius 2 is 1.84 bits per heavy atom. The molecule has 8 nitrogen and oxygen atoms in total. The summed E-state index contributed by atoms with van der Waals surface area (Å²) < 4.78 is 56.1. The number of hydrogen-bond donors (Lipinski definition) is 3. The van der Waals surface area contributed by atoms with E-state index in [0.717, 1.165) is 0 Å². The average molecular weight is 438 g/mol. The number of fused-ring (bicyclic) bond motifs is 1. The summed E-state index contributed by atoms with van der Waals surface area (Å²) in [4.78, 5) is 24.9. The highest BCUT2D eigenvalue weighted by Gasteiger charge is 2.59. The molecule has 2 aromatic carbocycles. The Hall–Kier alpha value is -3.47. The highest BCUT2D eigenvalue weighted by Crippen LogP contribution is 2.45. The molecule has 2 aliphatic rings. The summed E-state index contributed by atoms with van der Waals surface area (Å²) in [5, 5.41) is 15.7. The number of hydrogen-bond acceptors (Lipinski definition) is 6. The highest BCUT2D eigenvalue weighted by molar-refractivity contribution is 5.91. The van der Waals surface area contributed by atoms with Gasteiger partial charge in [0.2, 0.25) is 12.6 Å². The number of alkyl halides is 3. The number of urea groups is 1. The van der Waals surface area contributed by atoms with Crippen LogP contribution in [0.3, 0.4) is 0 Å². The van der Waals surface area contributed by atoms with E-state index in [2.05, 4.69) is 10.6 Å². The van der Waals surface area contributed by atoms with Crippen molar-refractivity contribution in [1.82, 2.24) is 10.6 Å². The van der Waals surface area contributed by atoms with Crippen molar-refractivity contribution in [2.24, 2.45) is 5.92 Å². The molecule has 164 valence electrons. The number of carbonyl (C=O) groups excluding carboxylic acids is 2. The van der Waals surface area contributed by atoms with E-state index in [1.165, 1.54) is 49.6 Å². The van der Waals surface area contributed by atoms with Gasteiger partial charge in [0.15, 0.2) is 17.2 Å². The first-order valence-electron chi connectivity index (χ1n) is 9.09. The normalized spacial score (nSPS) is 24.9. The fraction of sp³-hybridized carbons (Fsp3) is 0.300. The van der Waals surface area contributed by atoms with Gasteiger partial charge < -0.3 is 30.0 Å². The molecule has 1 fully saturated rings. The number of carbonyl (C=O) groups is 2. The van der Waals surface area contributed by atoms with Gasteiger partial charge in [-0.25, -0.2) is 4.79 Å². The van der Waals surface area contributed by atoms with Crippen molar-refractivity contribution in [2.75, 3.05) is 13.9 Å². The van der Waals surface area contributed by atoms with Gasteiger partial charge in [-0.1, -0.05) is 18.2 Å². The van der Waals surface area contributed by atoms with Gasteiger partial charge in [-0.2, -0.15) is 13.2 Å². The second kappa shape index (κ2) is 7.34. The molecule has 3 N–H and O–H groups in total. The molecular formula is C20H17F3N2O6. The number of rotatable bonds is 4. The van der Waals surface area contributed by atoms with Crippen LogP contribution in [0.2, 0.25) is 0 Å². The van der Waals surface area contributed by atoms with Crippen molar-refractivity contribution < 1.29 is 42.1 Å². The third-order valence-electron chi connectivity index (χ3n) is 5.22. The molecule has 3 atom stereocenters. The summed E-state index contributed by atoms with van der Waals surface area (Å²) in [7, 11) is 1.39. The van der Waals surface area contributed by atoms with E-state index in [1.807, 2.05) is 0 Å². The average Bonchev–Trinajstić information content (AvgIpc) is 3.20. The van der Waals surface area contributed by atoms with Crippen LogP contribution in [0.5, 0.6) is 17.2 Å². The Morgan fingerprint density at radius 3 is 2.48 bits per heavy atom. The minimum Gasteiger partial charge on any atom is -0.497 e. The number of aliphatic hydroxyl groups is 1. The number of halogens is 3. The van der Waals surface area contributed by atoms with Gasteiger partial charge in [0.25, 0.3) is 0 Å². The second-order valence-electron chi connectivity index (χ2n) is 7.02. The standard InChI is InChI=1S/C20H17F3N2O6/c1-29-12-5-3-11(4-6-12)19(28)15(17(26)20(21,22)23)16(24-18(27)25-19)10-2-7-13-14(8-10)31-9-30-13/h2-8,15-16,28H,9H2,1H3,(H2,24,25,27)/t15-,16-,19-/m1/s1. The zero-order valence-electron chi connectivity index (χ0n) is 16.0. The maximum absolute atomic E-state index is 13.6. The molecule has 4 rings (SSSR count). The number of methoxy groups -OCH3 is 1. The molecule has 0 spiro atoms. The summed E-state index contributed by atoms with van der Waals surface area (Å²) in [6.07, 6.45) is -5.27. The molecule has 0 bridgehead atoms. The molecule has 31 heavy (non-hydrogen) atoms. The molecule has 11 heteroatoms. The quantitative estimate of drug-likeness (QED) is 0.677. The molecule has 2 heterocycles. The Morgan fingerprint density at radius 1 is 1.16 bits per heavy atom. The third kappa shape index (κ3) is 3.61. The SMILES string of the molecule is COc1ccc([C@]2(O)NC(=O)N[C@H](c3ccc4c(c3)OCO4)[C@@H]2C(=O)C(F)(F)F)cc1. The zero-order valence-corrected chi connectivity index (χ0v) is 16.0. The van der Waals surface area contributed by atoms with Crippen molar-refractivity contribution in [3.05, 3.63) is 53.6 Å². The largest absolute Gasteiger partial charge is 0.497 e. The van der Waals surface area contributed by atoms with Gasteiger partial charge in [0, 0.05) is 5.56 Å². The van der Waals surface area contributed by atoms with Crippen LogP contribution >= 0.6 is 0 Å². The van der Waals surface area contributed by atoms with Crippen molar-refractivity contribution in [1.29, 1.82) is 0 Å². The minimum atomic E-state index is -5.27. The van der Waals surface area contributed by atoms with Gasteiger partial charge in [0.1, 0.15) is 11.7 Å². The first-order chi connectivity index (χ1) is 14.6. The second-order valence-corrected chi connectivity index (χ2v) is 7.02. The van der Waals surface area contributed by atoms with Crippen LogP contribution in [0, 0.1) is 5.92 Å². The first kappa shape index (κ1) is 20.8. The van der Waals surface area contributed by atoms with E-state index >= 15 is 0 Å². The Kier molecular flexibility index (Phi) is 4.92. The predicted molar refractivity (Wildman–Crippen MR) is 98.4 cm³/mol. The predicted octanol–water partition coefficient (Wildman–Crippen LogP) is 2.37. The molecule has 2 aliphatic heterocycles. The van der Waals surface area contributed by atoms with Crippen LogP contribution in [-0.4, -0.2) is 37.0 Å². The van der Waals surface area contributed by atoms with Crippen molar-refractivity contribution >= 4 is 11.8 Å². The summed E-state index contributed by atoms with van der Waals surface area (Å²) in [6, 6.07) is 7.09. The number of ketones is 1. The number of nitrogens with one attached hydrogen (secondary N) is 2. The van der Waals surface area contributed by atoms with Gasteiger partial charge >= 0.3 is 12.2 Å². The van der Waals surface area contributed by atoms with Gasteiger partial charge in [-0.15, -0.1) is 0 Å². The Bertz CT molecular complexity index is 1030. The topological polar surface area (TPSA) is 106 Å². The summed E-state index contributed by atoms with van der Waals surface area (Å²) in [5.41, 5.74) is -2.63. The van der Waals surface area contributed by atoms with E-state index in [0.29, 0.717) is 11.5 Å². The van der Waals surface area contributed by atoms with Crippen LogP contribution in [0.15, 0.2) is 42.5 Å². The number of amides is 2. The van der Waals surface area contributed by atoms with Crippen molar-refractivity contribution in [2.45, 2.75) is 17.9 Å². The van der Waals surface area contributed by atoms with Crippen molar-refractivity contribution in [3.8, 4) is 17.2 Å². The van der Waals surface area contributed by atoms with Gasteiger partial charge in [-0.05, 0) is 29.8 Å². The summed E-state index contributed by atoms with van der Waals surface area (Å²) >= 11 is 0. The van der Waals surface area contributed by atoms with E-state index < -0.39 is 35.7 Å². The fourth-order valence-electron chi connectivity index (χ4n) is 3.75.